The Morgan fingerprint density at radius 3 is 2.62 bits per heavy atom. The zero-order chi connectivity index (χ0) is 15.4. The number of nitrogens with two attached hydrogens (primary N) is 1. The first-order valence-electron chi connectivity index (χ1n) is 6.26. The maximum absolute atomic E-state index is 13.7. The molecule has 1 amide bonds. The number of carbonyl (C=O) groups excluding carboxylic acids is 1. The van der Waals surface area contributed by atoms with Crippen LogP contribution in [0.3, 0.4) is 0 Å². The summed E-state index contributed by atoms with van der Waals surface area (Å²) >= 11 is 2.96. The molecule has 0 unspecified atom stereocenters. The molecule has 0 aliphatic heterocycles. The van der Waals surface area contributed by atoms with E-state index in [1.807, 2.05) is 0 Å². The van der Waals surface area contributed by atoms with E-state index in [-0.39, 0.29) is 10.2 Å². The summed E-state index contributed by atoms with van der Waals surface area (Å²) in [5.41, 5.74) is 6.61. The van der Waals surface area contributed by atoms with E-state index in [2.05, 4.69) is 21.2 Å². The molecule has 0 aliphatic carbocycles. The maximum atomic E-state index is 13.7. The highest BCUT2D eigenvalue weighted by Gasteiger charge is 2.14. The van der Waals surface area contributed by atoms with E-state index >= 15 is 0 Å². The SMILES string of the molecule is NCCc1ccccc1C(=O)Nc1cc(Br)c(F)cc1F. The Kier molecular flexibility index (Phi) is 5.03. The third kappa shape index (κ3) is 3.65. The number of hydrogen-bond acceptors (Lipinski definition) is 2. The highest BCUT2D eigenvalue weighted by Crippen LogP contribution is 2.24. The molecule has 0 aliphatic rings. The molecule has 0 radical (unpaired) electrons. The number of benzene rings is 2. The van der Waals surface area contributed by atoms with Gasteiger partial charge in [0, 0.05) is 11.6 Å². The predicted molar refractivity (Wildman–Crippen MR) is 81.2 cm³/mol. The van der Waals surface area contributed by atoms with Crippen LogP contribution in [0.25, 0.3) is 0 Å². The fourth-order valence-electron chi connectivity index (χ4n) is 1.92. The number of amides is 1. The molecule has 21 heavy (non-hydrogen) atoms. The van der Waals surface area contributed by atoms with Crippen LogP contribution in [0.1, 0.15) is 15.9 Å². The van der Waals surface area contributed by atoms with Crippen LogP contribution in [0.2, 0.25) is 0 Å². The second-order valence-corrected chi connectivity index (χ2v) is 5.25. The van der Waals surface area contributed by atoms with Gasteiger partial charge in [-0.25, -0.2) is 8.78 Å². The van der Waals surface area contributed by atoms with E-state index in [1.54, 1.807) is 24.3 Å². The van der Waals surface area contributed by atoms with Crippen LogP contribution in [0.15, 0.2) is 40.9 Å². The van der Waals surface area contributed by atoms with Gasteiger partial charge in [0.25, 0.3) is 5.91 Å². The molecule has 0 atom stereocenters. The Hall–Kier alpha value is -1.79. The summed E-state index contributed by atoms with van der Waals surface area (Å²) in [7, 11) is 0. The molecule has 0 bridgehead atoms. The zero-order valence-corrected chi connectivity index (χ0v) is 12.6. The molecule has 0 spiro atoms. The van der Waals surface area contributed by atoms with Gasteiger partial charge in [0.15, 0.2) is 0 Å². The Morgan fingerprint density at radius 2 is 1.90 bits per heavy atom. The first-order chi connectivity index (χ1) is 10.0. The molecule has 3 N–H and O–H groups in total. The van der Waals surface area contributed by atoms with E-state index in [1.165, 1.54) is 6.07 Å². The topological polar surface area (TPSA) is 55.1 Å². The standard InChI is InChI=1S/C15H13BrF2N2O/c16-11-7-14(13(18)8-12(11)17)20-15(21)10-4-2-1-3-9(10)5-6-19/h1-4,7-8H,5-6,19H2,(H,20,21). The fraction of sp³-hybridized carbons (Fsp3) is 0.133. The molecular weight excluding hydrogens is 342 g/mol. The Balaban J connectivity index is 2.28. The van der Waals surface area contributed by atoms with Gasteiger partial charge in [-0.05, 0) is 46.6 Å². The third-order valence-electron chi connectivity index (χ3n) is 2.93. The minimum absolute atomic E-state index is 0.0782. The second kappa shape index (κ2) is 6.78. The Bertz CT molecular complexity index is 677. The number of carbonyl (C=O) groups is 1. The first-order valence-corrected chi connectivity index (χ1v) is 7.06. The van der Waals surface area contributed by atoms with Crippen LogP contribution < -0.4 is 11.1 Å². The van der Waals surface area contributed by atoms with Crippen LogP contribution in [0.4, 0.5) is 14.5 Å². The number of nitrogens with one attached hydrogen (secondary N) is 1. The van der Waals surface area contributed by atoms with Crippen molar-refractivity contribution in [1.29, 1.82) is 0 Å². The number of halogens is 3. The molecule has 110 valence electrons. The summed E-state index contributed by atoms with van der Waals surface area (Å²) in [5.74, 6) is -2.02. The van der Waals surface area contributed by atoms with Crippen molar-refractivity contribution in [3.63, 3.8) is 0 Å². The quantitative estimate of drug-likeness (QED) is 0.825. The van der Waals surface area contributed by atoms with Crippen LogP contribution in [0, 0.1) is 11.6 Å². The third-order valence-corrected chi connectivity index (χ3v) is 3.54. The molecule has 2 rings (SSSR count). The lowest BCUT2D eigenvalue weighted by molar-refractivity contribution is 0.102. The molecule has 2 aromatic rings. The lowest BCUT2D eigenvalue weighted by atomic mass is 10.0. The minimum atomic E-state index is -0.833. The van der Waals surface area contributed by atoms with E-state index in [9.17, 15) is 13.6 Å². The largest absolute Gasteiger partial charge is 0.330 e. The van der Waals surface area contributed by atoms with Crippen molar-refractivity contribution in [1.82, 2.24) is 0 Å². The molecule has 6 heteroatoms. The van der Waals surface area contributed by atoms with E-state index in [4.69, 9.17) is 5.73 Å². The molecule has 0 heterocycles. The molecule has 0 saturated carbocycles. The van der Waals surface area contributed by atoms with E-state index in [0.717, 1.165) is 5.56 Å². The van der Waals surface area contributed by atoms with Crippen molar-refractivity contribution in [3.8, 4) is 0 Å². The normalized spacial score (nSPS) is 10.5. The van der Waals surface area contributed by atoms with Gasteiger partial charge in [-0.15, -0.1) is 0 Å². The van der Waals surface area contributed by atoms with Gasteiger partial charge < -0.3 is 11.1 Å². The van der Waals surface area contributed by atoms with Gasteiger partial charge in [0.05, 0.1) is 10.2 Å². The van der Waals surface area contributed by atoms with Gasteiger partial charge >= 0.3 is 0 Å². The number of rotatable bonds is 4. The molecule has 0 fully saturated rings. The summed E-state index contributed by atoms with van der Waals surface area (Å²) in [6, 6.07) is 8.85. The average molecular weight is 355 g/mol. The fourth-order valence-corrected chi connectivity index (χ4v) is 2.27. The summed E-state index contributed by atoms with van der Waals surface area (Å²) < 4.78 is 26.9. The van der Waals surface area contributed by atoms with Crippen molar-refractivity contribution in [2.75, 3.05) is 11.9 Å². The summed E-state index contributed by atoms with van der Waals surface area (Å²) in [5, 5.41) is 2.44. The summed E-state index contributed by atoms with van der Waals surface area (Å²) in [6.45, 7) is 0.404. The van der Waals surface area contributed by atoms with E-state index in [0.29, 0.717) is 24.6 Å². The van der Waals surface area contributed by atoms with Gasteiger partial charge in [-0.2, -0.15) is 0 Å². The number of anilines is 1. The van der Waals surface area contributed by atoms with Gasteiger partial charge in [-0.1, -0.05) is 18.2 Å². The van der Waals surface area contributed by atoms with Crippen LogP contribution in [0.5, 0.6) is 0 Å². The molecule has 0 aromatic heterocycles. The summed E-state index contributed by atoms with van der Waals surface area (Å²) in [4.78, 5) is 12.2. The van der Waals surface area contributed by atoms with Crippen molar-refractivity contribution < 1.29 is 13.6 Å². The Morgan fingerprint density at radius 1 is 1.19 bits per heavy atom. The van der Waals surface area contributed by atoms with Crippen molar-refractivity contribution in [2.45, 2.75) is 6.42 Å². The second-order valence-electron chi connectivity index (χ2n) is 4.40. The molecule has 2 aromatic carbocycles. The average Bonchev–Trinajstić information content (AvgIpc) is 2.45. The van der Waals surface area contributed by atoms with Gasteiger partial charge in [-0.3, -0.25) is 4.79 Å². The smallest absolute Gasteiger partial charge is 0.256 e. The van der Waals surface area contributed by atoms with Gasteiger partial charge in [0.2, 0.25) is 0 Å². The van der Waals surface area contributed by atoms with Crippen molar-refractivity contribution in [3.05, 3.63) is 63.6 Å². The van der Waals surface area contributed by atoms with Crippen LogP contribution in [-0.4, -0.2) is 12.5 Å². The van der Waals surface area contributed by atoms with Crippen LogP contribution >= 0.6 is 15.9 Å². The van der Waals surface area contributed by atoms with Crippen molar-refractivity contribution >= 4 is 27.5 Å². The van der Waals surface area contributed by atoms with Crippen molar-refractivity contribution in [2.24, 2.45) is 5.73 Å². The van der Waals surface area contributed by atoms with E-state index < -0.39 is 17.5 Å². The van der Waals surface area contributed by atoms with Gasteiger partial charge in [0.1, 0.15) is 11.6 Å². The lowest BCUT2D eigenvalue weighted by Gasteiger charge is -2.10. The minimum Gasteiger partial charge on any atom is -0.330 e. The highest BCUT2D eigenvalue weighted by molar-refractivity contribution is 9.10. The molecule has 0 saturated heterocycles. The van der Waals surface area contributed by atoms with Crippen LogP contribution in [-0.2, 0) is 6.42 Å². The monoisotopic (exact) mass is 354 g/mol. The predicted octanol–water partition coefficient (Wildman–Crippen LogP) is 3.48. The number of hydrogen-bond donors (Lipinski definition) is 2. The Labute approximate surface area is 129 Å². The summed E-state index contributed by atoms with van der Waals surface area (Å²) in [6.07, 6.45) is 0.541. The maximum Gasteiger partial charge on any atom is 0.256 e. The lowest BCUT2D eigenvalue weighted by Crippen LogP contribution is -2.16. The zero-order valence-electron chi connectivity index (χ0n) is 11.0. The molecular formula is C15H13BrF2N2O. The first kappa shape index (κ1) is 15.6. The molecule has 3 nitrogen and oxygen atoms in total. The highest BCUT2D eigenvalue weighted by atomic mass is 79.9.